The van der Waals surface area contributed by atoms with Crippen LogP contribution in [0.3, 0.4) is 0 Å². The molecule has 0 bridgehead atoms. The van der Waals surface area contributed by atoms with Crippen LogP contribution in [-0.4, -0.2) is 29.6 Å². The number of pyridine rings is 1. The molecule has 4 rings (SSSR count). The lowest BCUT2D eigenvalue weighted by atomic mass is 9.97. The monoisotopic (exact) mass is 551 g/mol. The highest BCUT2D eigenvalue weighted by Gasteiger charge is 2.40. The van der Waals surface area contributed by atoms with Gasteiger partial charge in [0.25, 0.3) is 6.43 Å². The molecular weight excluding hydrogens is 527 g/mol. The lowest BCUT2D eigenvalue weighted by Gasteiger charge is -2.20. The zero-order valence-electron chi connectivity index (χ0n) is 20.0. The van der Waals surface area contributed by atoms with Crippen LogP contribution in [0.4, 0.5) is 30.7 Å². The molecule has 0 radical (unpaired) electrons. The number of benzene rings is 1. The Morgan fingerprint density at radius 1 is 1.11 bits per heavy atom. The summed E-state index contributed by atoms with van der Waals surface area (Å²) in [5.74, 6) is -2.45. The molecule has 1 saturated carbocycles. The van der Waals surface area contributed by atoms with Gasteiger partial charge in [0.1, 0.15) is 29.0 Å². The average molecular weight is 552 g/mol. The Morgan fingerprint density at radius 2 is 1.76 bits per heavy atom. The summed E-state index contributed by atoms with van der Waals surface area (Å²) in [5.41, 5.74) is -3.76. The van der Waals surface area contributed by atoms with Gasteiger partial charge in [-0.3, -0.25) is 0 Å². The Kier molecular flexibility index (Phi) is 6.85. The molecule has 1 aliphatic rings. The molecule has 1 aromatic carbocycles. The fourth-order valence-corrected chi connectivity index (χ4v) is 5.67. The van der Waals surface area contributed by atoms with Gasteiger partial charge in [-0.2, -0.15) is 13.2 Å². The highest BCUT2D eigenvalue weighted by molar-refractivity contribution is 7.90. The second-order valence-electron chi connectivity index (χ2n) is 10.3. The molecule has 0 spiro atoms. The van der Waals surface area contributed by atoms with Gasteiger partial charge in [-0.1, -0.05) is 20.8 Å². The number of nitrogens with zero attached hydrogens (tertiary/aromatic N) is 2. The van der Waals surface area contributed by atoms with Gasteiger partial charge in [0.2, 0.25) is 10.0 Å². The largest absolute Gasteiger partial charge is 0.417 e. The first-order valence-electron chi connectivity index (χ1n) is 11.3. The standard InChI is InChI=1S/C24H24F7N3O2S/c1-23(2,3)11-34-10-16(20(21(27)28)33-37(35,36)13-5-6-13)15-9-18(26)19(32-22(15)34)14-7-4-12(25)8-17(14)24(29,30)31/h4,7-10,13,20-21,33H,5-6,11H2,1-3H3/t20-/m0/s1. The van der Waals surface area contributed by atoms with E-state index in [2.05, 4.69) is 4.98 Å². The second kappa shape index (κ2) is 9.26. The molecule has 1 aliphatic carbocycles. The van der Waals surface area contributed by atoms with Crippen molar-refractivity contribution in [1.29, 1.82) is 0 Å². The quantitative estimate of drug-likeness (QED) is 0.344. The molecular formula is C24H24F7N3O2S. The number of hydrogen-bond donors (Lipinski definition) is 1. The summed E-state index contributed by atoms with van der Waals surface area (Å²) in [6, 6.07) is 0.433. The molecule has 5 nitrogen and oxygen atoms in total. The Morgan fingerprint density at radius 3 is 2.30 bits per heavy atom. The van der Waals surface area contributed by atoms with Gasteiger partial charge < -0.3 is 4.57 Å². The van der Waals surface area contributed by atoms with E-state index in [0.29, 0.717) is 12.8 Å². The van der Waals surface area contributed by atoms with E-state index in [0.717, 1.165) is 18.2 Å². The summed E-state index contributed by atoms with van der Waals surface area (Å²) in [5, 5.41) is -0.970. The average Bonchev–Trinajstić information content (AvgIpc) is 3.56. The molecule has 2 aromatic heterocycles. The number of nitrogens with one attached hydrogen (secondary N) is 1. The normalized spacial score (nSPS) is 16.1. The minimum absolute atomic E-state index is 0.116. The summed E-state index contributed by atoms with van der Waals surface area (Å²) in [4.78, 5) is 4.08. The minimum atomic E-state index is -5.03. The van der Waals surface area contributed by atoms with Crippen molar-refractivity contribution in [3.8, 4) is 11.3 Å². The van der Waals surface area contributed by atoms with E-state index in [9.17, 15) is 34.8 Å². The summed E-state index contributed by atoms with van der Waals surface area (Å²) < 4.78 is 126. The molecule has 0 unspecified atom stereocenters. The van der Waals surface area contributed by atoms with Crippen molar-refractivity contribution in [2.45, 2.75) is 64.1 Å². The Bertz CT molecular complexity index is 1440. The predicted molar refractivity (Wildman–Crippen MR) is 123 cm³/mol. The summed E-state index contributed by atoms with van der Waals surface area (Å²) in [6.45, 7) is 5.57. The third-order valence-corrected chi connectivity index (χ3v) is 7.79. The van der Waals surface area contributed by atoms with E-state index in [4.69, 9.17) is 0 Å². The van der Waals surface area contributed by atoms with Crippen LogP contribution in [0.5, 0.6) is 0 Å². The number of halogens is 7. The first kappa shape index (κ1) is 27.4. The van der Waals surface area contributed by atoms with Crippen molar-refractivity contribution < 1.29 is 39.2 Å². The van der Waals surface area contributed by atoms with E-state index in [1.54, 1.807) is 0 Å². The van der Waals surface area contributed by atoms with Gasteiger partial charge in [0.15, 0.2) is 0 Å². The van der Waals surface area contributed by atoms with E-state index >= 15 is 4.39 Å². The van der Waals surface area contributed by atoms with E-state index in [1.165, 1.54) is 10.8 Å². The fourth-order valence-electron chi connectivity index (χ4n) is 4.14. The maximum absolute atomic E-state index is 15.3. The first-order valence-corrected chi connectivity index (χ1v) is 12.9. The zero-order valence-corrected chi connectivity index (χ0v) is 20.8. The summed E-state index contributed by atoms with van der Waals surface area (Å²) in [6.07, 6.45) is -6.36. The number of alkyl halides is 5. The Balaban J connectivity index is 1.95. The lowest BCUT2D eigenvalue weighted by molar-refractivity contribution is -0.137. The topological polar surface area (TPSA) is 64.0 Å². The van der Waals surface area contributed by atoms with Gasteiger partial charge in [-0.05, 0) is 42.5 Å². The van der Waals surface area contributed by atoms with Crippen molar-refractivity contribution in [3.63, 3.8) is 0 Å². The number of sulfonamides is 1. The number of hydrogen-bond acceptors (Lipinski definition) is 3. The van der Waals surface area contributed by atoms with Crippen molar-refractivity contribution >= 4 is 21.1 Å². The molecule has 202 valence electrons. The Hall–Kier alpha value is -2.67. The van der Waals surface area contributed by atoms with Gasteiger partial charge in [0, 0.05) is 29.3 Å². The summed E-state index contributed by atoms with van der Waals surface area (Å²) >= 11 is 0. The third-order valence-electron chi connectivity index (χ3n) is 5.86. The molecule has 13 heteroatoms. The lowest BCUT2D eigenvalue weighted by Crippen LogP contribution is -2.35. The molecule has 0 aliphatic heterocycles. The van der Waals surface area contributed by atoms with E-state index < -0.39 is 67.8 Å². The van der Waals surface area contributed by atoms with E-state index in [-0.39, 0.29) is 29.2 Å². The van der Waals surface area contributed by atoms with Crippen LogP contribution < -0.4 is 4.72 Å². The van der Waals surface area contributed by atoms with Crippen molar-refractivity contribution in [3.05, 3.63) is 53.2 Å². The van der Waals surface area contributed by atoms with Gasteiger partial charge in [-0.25, -0.2) is 35.7 Å². The fraction of sp³-hybridized carbons (Fsp3) is 0.458. The molecule has 1 atom stereocenters. The van der Waals surface area contributed by atoms with Crippen LogP contribution in [-0.2, 0) is 22.7 Å². The minimum Gasteiger partial charge on any atom is -0.332 e. The molecule has 37 heavy (non-hydrogen) atoms. The molecule has 2 heterocycles. The van der Waals surface area contributed by atoms with Gasteiger partial charge >= 0.3 is 6.18 Å². The van der Waals surface area contributed by atoms with E-state index in [1.807, 2.05) is 25.5 Å². The predicted octanol–water partition coefficient (Wildman–Crippen LogP) is 6.43. The number of rotatable bonds is 7. The molecule has 1 N–H and O–H groups in total. The zero-order chi connectivity index (χ0) is 27.5. The highest BCUT2D eigenvalue weighted by Crippen LogP contribution is 2.40. The van der Waals surface area contributed by atoms with Crippen LogP contribution in [0.15, 0.2) is 30.5 Å². The van der Waals surface area contributed by atoms with Gasteiger partial charge in [0.05, 0.1) is 10.8 Å². The Labute approximate surface area is 208 Å². The van der Waals surface area contributed by atoms with Crippen LogP contribution >= 0.6 is 0 Å². The van der Waals surface area contributed by atoms with Gasteiger partial charge in [-0.15, -0.1) is 0 Å². The number of aromatic nitrogens is 2. The smallest absolute Gasteiger partial charge is 0.332 e. The van der Waals surface area contributed by atoms with Crippen LogP contribution in [0.2, 0.25) is 0 Å². The molecule has 0 amide bonds. The second-order valence-corrected chi connectivity index (χ2v) is 12.3. The summed E-state index contributed by atoms with van der Waals surface area (Å²) in [7, 11) is -4.08. The maximum atomic E-state index is 15.3. The molecule has 3 aromatic rings. The van der Waals surface area contributed by atoms with Crippen LogP contribution in [0, 0.1) is 17.0 Å². The third kappa shape index (κ3) is 5.77. The highest BCUT2D eigenvalue weighted by atomic mass is 32.2. The first-order chi connectivity index (χ1) is 17.0. The molecule has 0 saturated heterocycles. The maximum Gasteiger partial charge on any atom is 0.417 e. The number of fused-ring (bicyclic) bond motifs is 1. The van der Waals surface area contributed by atoms with Crippen LogP contribution in [0.1, 0.15) is 50.8 Å². The van der Waals surface area contributed by atoms with Crippen molar-refractivity contribution in [2.24, 2.45) is 5.41 Å². The SMILES string of the molecule is CC(C)(C)Cn1cc([C@H](NS(=O)(=O)C2CC2)C(F)F)c2cc(F)c(-c3ccc(F)cc3C(F)(F)F)nc21. The molecule has 1 fully saturated rings. The van der Waals surface area contributed by atoms with Crippen molar-refractivity contribution in [2.75, 3.05) is 0 Å². The van der Waals surface area contributed by atoms with Crippen molar-refractivity contribution in [1.82, 2.24) is 14.3 Å². The van der Waals surface area contributed by atoms with Crippen LogP contribution in [0.25, 0.3) is 22.3 Å².